The van der Waals surface area contributed by atoms with Crippen LogP contribution in [-0.4, -0.2) is 53.8 Å². The van der Waals surface area contributed by atoms with Crippen LogP contribution in [0.15, 0.2) is 12.1 Å². The number of ether oxygens (including phenoxy) is 6. The smallest absolute Gasteiger partial charge is 0.464 e. The number of halogens is 1. The maximum absolute atomic E-state index is 15.1. The minimum Gasteiger partial charge on any atom is -0.464 e. The number of hydrogen-bond donors (Lipinski definition) is 1. The van der Waals surface area contributed by atoms with Gasteiger partial charge in [0.05, 0.1) is 6.61 Å². The highest BCUT2D eigenvalue weighted by Crippen LogP contribution is 2.33. The zero-order chi connectivity index (χ0) is 29.5. The van der Waals surface area contributed by atoms with Crippen LogP contribution >= 0.6 is 0 Å². The van der Waals surface area contributed by atoms with Crippen molar-refractivity contribution in [3.8, 4) is 11.5 Å². The molecule has 38 heavy (non-hydrogen) atoms. The Balaban J connectivity index is 3.39. The van der Waals surface area contributed by atoms with Gasteiger partial charge in [-0.25, -0.2) is 23.6 Å². The van der Waals surface area contributed by atoms with Crippen LogP contribution in [0.3, 0.4) is 0 Å². The van der Waals surface area contributed by atoms with Gasteiger partial charge in [-0.1, -0.05) is 0 Å². The number of carbonyl (C=O) groups excluding carboxylic acids is 4. The standard InChI is InChI=1S/C26H38FNO10/c1-11-33-20(29)17(28-21(30)36-24(2,3)4)12-15-13-18(34-22(31)37-25(5,6)7)19(14-16(15)27)35-23(32)38-26(8,9)10/h13-14,17H,11-12H2,1-10H3,(H,28,30)/t17-/m0/s1/i27-1. The summed E-state index contributed by atoms with van der Waals surface area (Å²) in [5.41, 5.74) is -2.86. The second kappa shape index (κ2) is 12.8. The number of esters is 1. The quantitative estimate of drug-likeness (QED) is 0.269. The number of hydrogen-bond acceptors (Lipinski definition) is 10. The van der Waals surface area contributed by atoms with E-state index in [1.54, 1.807) is 69.2 Å². The van der Waals surface area contributed by atoms with Crippen molar-refractivity contribution in [1.29, 1.82) is 0 Å². The summed E-state index contributed by atoms with van der Waals surface area (Å²) in [5.74, 6) is -2.64. The van der Waals surface area contributed by atoms with Gasteiger partial charge in [-0.05, 0) is 80.9 Å². The van der Waals surface area contributed by atoms with E-state index in [2.05, 4.69) is 5.32 Å². The van der Waals surface area contributed by atoms with E-state index in [-0.39, 0.29) is 17.9 Å². The third kappa shape index (κ3) is 12.6. The Kier molecular flexibility index (Phi) is 10.9. The first-order valence-corrected chi connectivity index (χ1v) is 12.0. The number of nitrogens with one attached hydrogen (secondary N) is 1. The van der Waals surface area contributed by atoms with Gasteiger partial charge in [0.2, 0.25) is 0 Å². The van der Waals surface area contributed by atoms with Gasteiger partial charge in [0.25, 0.3) is 0 Å². The highest BCUT2D eigenvalue weighted by molar-refractivity contribution is 5.82. The molecule has 0 unspecified atom stereocenters. The van der Waals surface area contributed by atoms with Gasteiger partial charge in [-0.15, -0.1) is 0 Å². The van der Waals surface area contributed by atoms with E-state index in [1.165, 1.54) is 0 Å². The van der Waals surface area contributed by atoms with Gasteiger partial charge in [0.15, 0.2) is 11.5 Å². The van der Waals surface area contributed by atoms with Gasteiger partial charge in [-0.2, -0.15) is 0 Å². The summed E-state index contributed by atoms with van der Waals surface area (Å²) < 4.78 is 45.8. The van der Waals surface area contributed by atoms with Crippen LogP contribution in [0.25, 0.3) is 0 Å². The lowest BCUT2D eigenvalue weighted by Crippen LogP contribution is -2.45. The zero-order valence-electron chi connectivity index (χ0n) is 23.6. The fraction of sp³-hybridized carbons (Fsp3) is 0.615. The number of amides is 1. The van der Waals surface area contributed by atoms with Gasteiger partial charge < -0.3 is 33.7 Å². The van der Waals surface area contributed by atoms with E-state index in [4.69, 9.17) is 28.4 Å². The Labute approximate surface area is 222 Å². The molecule has 1 N–H and O–H groups in total. The number of benzene rings is 1. The lowest BCUT2D eigenvalue weighted by Gasteiger charge is -2.23. The highest BCUT2D eigenvalue weighted by Gasteiger charge is 2.29. The Morgan fingerprint density at radius 2 is 1.24 bits per heavy atom. The number of alkyl carbamates (subject to hydrolysis) is 1. The molecule has 0 aromatic heterocycles. The van der Waals surface area contributed by atoms with Crippen LogP contribution in [0.5, 0.6) is 11.5 Å². The molecule has 1 rings (SSSR count). The molecule has 0 aliphatic rings. The first-order valence-electron chi connectivity index (χ1n) is 12.0. The summed E-state index contributed by atoms with van der Waals surface area (Å²) in [4.78, 5) is 49.3. The molecule has 0 spiro atoms. The SMILES string of the molecule is CCOC(=O)[C@H](Cc1cc(OC(=O)OC(C)(C)C)c(OC(=O)OC(C)(C)C)cc1[18F])NC(=O)OC(C)(C)C. The van der Waals surface area contributed by atoms with E-state index in [1.807, 2.05) is 0 Å². The normalized spacial score (nSPS) is 12.6. The summed E-state index contributed by atoms with van der Waals surface area (Å²) in [6.45, 7) is 16.1. The predicted octanol–water partition coefficient (Wildman–Crippen LogP) is 5.45. The molecule has 0 radical (unpaired) electrons. The van der Waals surface area contributed by atoms with Crippen LogP contribution in [0.2, 0.25) is 0 Å². The molecule has 214 valence electrons. The third-order valence-electron chi connectivity index (χ3n) is 3.96. The molecule has 1 atom stereocenters. The fourth-order valence-electron chi connectivity index (χ4n) is 2.72. The summed E-state index contributed by atoms with van der Waals surface area (Å²) in [6.07, 6.45) is -3.67. The first-order chi connectivity index (χ1) is 17.2. The molecule has 0 fully saturated rings. The fourth-order valence-corrected chi connectivity index (χ4v) is 2.72. The lowest BCUT2D eigenvalue weighted by molar-refractivity contribution is -0.145. The molecule has 1 aromatic rings. The highest BCUT2D eigenvalue weighted by atomic mass is 18.2. The van der Waals surface area contributed by atoms with Crippen molar-refractivity contribution >= 4 is 24.4 Å². The average molecular weight is 543 g/mol. The van der Waals surface area contributed by atoms with Crippen molar-refractivity contribution in [2.24, 2.45) is 0 Å². The summed E-state index contributed by atoms with van der Waals surface area (Å²) in [5, 5.41) is 2.36. The molecule has 0 saturated carbocycles. The van der Waals surface area contributed by atoms with Crippen molar-refractivity contribution in [1.82, 2.24) is 5.32 Å². The lowest BCUT2D eigenvalue weighted by atomic mass is 10.0. The van der Waals surface area contributed by atoms with Crippen molar-refractivity contribution < 1.29 is 52.0 Å². The molecular weight excluding hydrogens is 504 g/mol. The third-order valence-corrected chi connectivity index (χ3v) is 3.96. The van der Waals surface area contributed by atoms with Crippen LogP contribution in [0.4, 0.5) is 18.8 Å². The summed E-state index contributed by atoms with van der Waals surface area (Å²) in [6, 6.07) is 0.475. The Morgan fingerprint density at radius 3 is 1.66 bits per heavy atom. The van der Waals surface area contributed by atoms with Crippen LogP contribution in [0, 0.1) is 5.82 Å². The first kappa shape index (κ1) is 32.5. The van der Waals surface area contributed by atoms with Gasteiger partial charge in [0.1, 0.15) is 28.7 Å². The molecule has 0 aliphatic carbocycles. The average Bonchev–Trinajstić information content (AvgIpc) is 2.66. The van der Waals surface area contributed by atoms with Crippen molar-refractivity contribution in [2.45, 2.75) is 98.5 Å². The molecule has 12 heteroatoms. The van der Waals surface area contributed by atoms with E-state index in [0.717, 1.165) is 12.1 Å². The van der Waals surface area contributed by atoms with Crippen molar-refractivity contribution in [3.05, 3.63) is 23.5 Å². The Hall–Kier alpha value is -3.57. The summed E-state index contributed by atoms with van der Waals surface area (Å²) >= 11 is 0. The molecule has 1 aromatic carbocycles. The molecule has 1 amide bonds. The topological polar surface area (TPSA) is 136 Å². The van der Waals surface area contributed by atoms with Crippen LogP contribution in [0.1, 0.15) is 74.8 Å². The minimum absolute atomic E-state index is 0.00346. The second-order valence-electron chi connectivity index (χ2n) is 11.2. The van der Waals surface area contributed by atoms with Crippen molar-refractivity contribution in [2.75, 3.05) is 6.61 Å². The molecule has 11 nitrogen and oxygen atoms in total. The van der Waals surface area contributed by atoms with E-state index >= 15 is 4.39 Å². The Bertz CT molecular complexity index is 1020. The zero-order valence-corrected chi connectivity index (χ0v) is 23.6. The number of rotatable bonds is 7. The second-order valence-corrected chi connectivity index (χ2v) is 11.2. The molecule has 0 heterocycles. The molecular formula is C26H38FNO10. The largest absolute Gasteiger partial charge is 0.514 e. The molecule has 0 bridgehead atoms. The van der Waals surface area contributed by atoms with E-state index in [0.29, 0.717) is 0 Å². The van der Waals surface area contributed by atoms with Crippen LogP contribution < -0.4 is 14.8 Å². The number of carbonyl (C=O) groups is 4. The van der Waals surface area contributed by atoms with Crippen LogP contribution in [-0.2, 0) is 30.2 Å². The minimum atomic E-state index is -1.36. The van der Waals surface area contributed by atoms with E-state index in [9.17, 15) is 19.2 Å². The summed E-state index contributed by atoms with van der Waals surface area (Å²) in [7, 11) is 0. The predicted molar refractivity (Wildman–Crippen MR) is 134 cm³/mol. The monoisotopic (exact) mass is 542 g/mol. The van der Waals surface area contributed by atoms with E-state index < -0.39 is 65.2 Å². The van der Waals surface area contributed by atoms with Gasteiger partial charge in [-0.3, -0.25) is 0 Å². The van der Waals surface area contributed by atoms with Gasteiger partial charge in [0, 0.05) is 12.5 Å². The Morgan fingerprint density at radius 1 is 0.789 bits per heavy atom. The molecule has 0 aliphatic heterocycles. The van der Waals surface area contributed by atoms with Crippen molar-refractivity contribution in [3.63, 3.8) is 0 Å². The maximum Gasteiger partial charge on any atom is 0.514 e. The molecule has 0 saturated heterocycles. The van der Waals surface area contributed by atoms with Gasteiger partial charge >= 0.3 is 24.4 Å². The maximum atomic E-state index is 15.1.